The minimum absolute atomic E-state index is 0.000241. The van der Waals surface area contributed by atoms with Gasteiger partial charge in [0.05, 0.1) is 29.9 Å². The number of hydrogen-bond donors (Lipinski definition) is 0. The summed E-state index contributed by atoms with van der Waals surface area (Å²) in [4.78, 5) is 4.33. The van der Waals surface area contributed by atoms with E-state index < -0.39 is 0 Å². The molecule has 4 nitrogen and oxygen atoms in total. The first kappa shape index (κ1) is 15.9. The summed E-state index contributed by atoms with van der Waals surface area (Å²) in [5.41, 5.74) is 6.14. The summed E-state index contributed by atoms with van der Waals surface area (Å²) in [5.74, 6) is 0.529. The highest BCUT2D eigenvalue weighted by Gasteiger charge is 2.25. The Labute approximate surface area is 148 Å². The largest absolute Gasteiger partial charge is 0.298 e. The van der Waals surface area contributed by atoms with Crippen LogP contribution in [-0.2, 0) is 5.41 Å². The molecule has 0 bridgehead atoms. The maximum Gasteiger partial charge on any atom is 0.254 e. The standard InChI is InChI=1S/C21H25N4/c1-15(2)16-8-9-23-14-24(12-18(23)10-16)19-7-6-17-11-22-13-25(17)20(19)21(3,4)5/h6-15H,1-5H3/q+1. The summed E-state index contributed by atoms with van der Waals surface area (Å²) < 4.78 is 6.60. The quantitative estimate of drug-likeness (QED) is 0.503. The molecule has 0 N–H and O–H groups in total. The van der Waals surface area contributed by atoms with E-state index in [1.807, 2.05) is 12.5 Å². The average Bonchev–Trinajstić information content (AvgIpc) is 3.18. The van der Waals surface area contributed by atoms with Gasteiger partial charge in [-0.25, -0.2) is 9.38 Å². The molecule has 0 unspecified atom stereocenters. The van der Waals surface area contributed by atoms with Gasteiger partial charge in [0.1, 0.15) is 6.20 Å². The van der Waals surface area contributed by atoms with Crippen molar-refractivity contribution in [2.75, 3.05) is 0 Å². The van der Waals surface area contributed by atoms with Crippen LogP contribution in [0.2, 0.25) is 0 Å². The fraction of sp³-hybridized carbons (Fsp3) is 0.333. The molecular formula is C21H25N4+. The predicted octanol–water partition coefficient (Wildman–Crippen LogP) is 4.28. The monoisotopic (exact) mass is 333 g/mol. The van der Waals surface area contributed by atoms with E-state index in [9.17, 15) is 0 Å². The van der Waals surface area contributed by atoms with E-state index in [1.165, 1.54) is 22.5 Å². The molecule has 0 fully saturated rings. The molecule has 0 aliphatic carbocycles. The van der Waals surface area contributed by atoms with Crippen molar-refractivity contribution in [3.8, 4) is 5.69 Å². The van der Waals surface area contributed by atoms with E-state index in [1.54, 1.807) is 0 Å². The summed E-state index contributed by atoms with van der Waals surface area (Å²) in [6, 6.07) is 8.80. The third kappa shape index (κ3) is 2.62. The number of nitrogens with zero attached hydrogens (tertiary/aromatic N) is 4. The fourth-order valence-corrected chi connectivity index (χ4v) is 3.49. The van der Waals surface area contributed by atoms with Crippen LogP contribution in [0.4, 0.5) is 0 Å². The van der Waals surface area contributed by atoms with Crippen LogP contribution in [0, 0.1) is 0 Å². The third-order valence-electron chi connectivity index (χ3n) is 4.78. The number of hydrogen-bond acceptors (Lipinski definition) is 1. The normalized spacial score (nSPS) is 12.6. The van der Waals surface area contributed by atoms with Gasteiger partial charge in [0.25, 0.3) is 6.33 Å². The number of pyridine rings is 2. The molecule has 4 rings (SSSR count). The van der Waals surface area contributed by atoms with Crippen molar-refractivity contribution in [2.24, 2.45) is 0 Å². The average molecular weight is 333 g/mol. The van der Waals surface area contributed by atoms with Crippen LogP contribution in [-0.4, -0.2) is 13.8 Å². The zero-order valence-corrected chi connectivity index (χ0v) is 15.6. The molecule has 0 atom stereocenters. The summed E-state index contributed by atoms with van der Waals surface area (Å²) in [7, 11) is 0. The fourth-order valence-electron chi connectivity index (χ4n) is 3.49. The van der Waals surface area contributed by atoms with Gasteiger partial charge in [-0.3, -0.25) is 4.40 Å². The molecule has 4 heterocycles. The summed E-state index contributed by atoms with van der Waals surface area (Å²) in [6.07, 6.45) is 10.3. The van der Waals surface area contributed by atoms with Crippen LogP contribution in [0.1, 0.15) is 51.8 Å². The van der Waals surface area contributed by atoms with E-state index in [4.69, 9.17) is 0 Å². The first-order chi connectivity index (χ1) is 11.8. The van der Waals surface area contributed by atoms with E-state index >= 15 is 0 Å². The second kappa shape index (κ2) is 5.45. The Balaban J connectivity index is 1.96. The van der Waals surface area contributed by atoms with Crippen LogP contribution < -0.4 is 4.57 Å². The van der Waals surface area contributed by atoms with Gasteiger partial charge in [-0.05, 0) is 35.7 Å². The van der Waals surface area contributed by atoms with Crippen molar-refractivity contribution >= 4 is 11.0 Å². The summed E-state index contributed by atoms with van der Waals surface area (Å²) in [5, 5.41) is 0. The van der Waals surface area contributed by atoms with Gasteiger partial charge in [-0.2, -0.15) is 4.57 Å². The Bertz CT molecular complexity index is 1060. The molecule has 0 saturated carbocycles. The van der Waals surface area contributed by atoms with Gasteiger partial charge in [0.15, 0.2) is 11.2 Å². The van der Waals surface area contributed by atoms with Crippen LogP contribution in [0.15, 0.2) is 55.5 Å². The molecule has 0 aliphatic rings. The van der Waals surface area contributed by atoms with Crippen molar-refractivity contribution in [2.45, 2.75) is 46.0 Å². The van der Waals surface area contributed by atoms with Crippen molar-refractivity contribution in [1.82, 2.24) is 13.8 Å². The predicted molar refractivity (Wildman–Crippen MR) is 100 cm³/mol. The number of fused-ring (bicyclic) bond motifs is 2. The third-order valence-corrected chi connectivity index (χ3v) is 4.78. The molecule has 4 heteroatoms. The Hall–Kier alpha value is -2.62. The van der Waals surface area contributed by atoms with E-state index in [2.05, 4.69) is 96.0 Å². The van der Waals surface area contributed by atoms with Gasteiger partial charge in [0.2, 0.25) is 0 Å². The van der Waals surface area contributed by atoms with Crippen LogP contribution in [0.25, 0.3) is 16.7 Å². The van der Waals surface area contributed by atoms with Crippen molar-refractivity contribution in [3.63, 3.8) is 0 Å². The maximum atomic E-state index is 4.33. The smallest absolute Gasteiger partial charge is 0.254 e. The van der Waals surface area contributed by atoms with Gasteiger partial charge in [-0.1, -0.05) is 34.6 Å². The van der Waals surface area contributed by atoms with Crippen molar-refractivity contribution in [1.29, 1.82) is 0 Å². The molecule has 0 amide bonds. The Morgan fingerprint density at radius 1 is 1.08 bits per heavy atom. The lowest BCUT2D eigenvalue weighted by Gasteiger charge is -2.22. The minimum Gasteiger partial charge on any atom is -0.298 e. The first-order valence-electron chi connectivity index (χ1n) is 8.83. The summed E-state index contributed by atoms with van der Waals surface area (Å²) in [6.45, 7) is 11.2. The zero-order chi connectivity index (χ0) is 17.8. The minimum atomic E-state index is -0.000241. The summed E-state index contributed by atoms with van der Waals surface area (Å²) >= 11 is 0. The van der Waals surface area contributed by atoms with Gasteiger partial charge in [0, 0.05) is 5.41 Å². The molecule has 4 aromatic heterocycles. The Kier molecular flexibility index (Phi) is 3.46. The lowest BCUT2D eigenvalue weighted by Crippen LogP contribution is -2.33. The second-order valence-corrected chi connectivity index (χ2v) is 8.10. The van der Waals surface area contributed by atoms with Crippen LogP contribution in [0.5, 0.6) is 0 Å². The van der Waals surface area contributed by atoms with E-state index in [-0.39, 0.29) is 5.41 Å². The Morgan fingerprint density at radius 2 is 1.88 bits per heavy atom. The lowest BCUT2D eigenvalue weighted by atomic mass is 9.90. The highest BCUT2D eigenvalue weighted by atomic mass is 15.1. The molecule has 128 valence electrons. The molecule has 4 aromatic rings. The van der Waals surface area contributed by atoms with Crippen molar-refractivity contribution < 1.29 is 4.57 Å². The lowest BCUT2D eigenvalue weighted by molar-refractivity contribution is -0.595. The number of imidazole rings is 2. The van der Waals surface area contributed by atoms with Gasteiger partial charge >= 0.3 is 0 Å². The molecule has 0 radical (unpaired) electrons. The highest BCUT2D eigenvalue weighted by Crippen LogP contribution is 2.27. The van der Waals surface area contributed by atoms with E-state index in [0.717, 1.165) is 5.52 Å². The maximum absolute atomic E-state index is 4.33. The van der Waals surface area contributed by atoms with Crippen molar-refractivity contribution in [3.05, 3.63) is 66.8 Å². The molecule has 0 spiro atoms. The molecule has 25 heavy (non-hydrogen) atoms. The zero-order valence-electron chi connectivity index (χ0n) is 15.6. The Morgan fingerprint density at radius 3 is 2.60 bits per heavy atom. The number of rotatable bonds is 2. The topological polar surface area (TPSA) is 25.6 Å². The second-order valence-electron chi connectivity index (χ2n) is 8.10. The molecular weight excluding hydrogens is 308 g/mol. The van der Waals surface area contributed by atoms with E-state index in [0.29, 0.717) is 5.92 Å². The number of aromatic nitrogens is 4. The first-order valence-corrected chi connectivity index (χ1v) is 8.83. The highest BCUT2D eigenvalue weighted by molar-refractivity contribution is 5.53. The molecule has 0 aromatic carbocycles. The van der Waals surface area contributed by atoms with Gasteiger partial charge < -0.3 is 0 Å². The SMILES string of the molecule is CC(C)c1ccn2c[n+](-c3ccc4cncn4c3C(C)(C)C)cc2c1. The van der Waals surface area contributed by atoms with Gasteiger partial charge in [-0.15, -0.1) is 0 Å². The van der Waals surface area contributed by atoms with Crippen LogP contribution in [0.3, 0.4) is 0 Å². The molecule has 0 saturated heterocycles. The van der Waals surface area contributed by atoms with Crippen LogP contribution >= 0.6 is 0 Å². The molecule has 0 aliphatic heterocycles.